The van der Waals surface area contributed by atoms with Crippen LogP contribution in [0, 0.1) is 6.92 Å². The molecule has 2 aromatic rings. The highest BCUT2D eigenvalue weighted by Crippen LogP contribution is 2.39. The van der Waals surface area contributed by atoms with Crippen molar-refractivity contribution in [1.29, 1.82) is 0 Å². The lowest BCUT2D eigenvalue weighted by Gasteiger charge is -2.39. The molecular weight excluding hydrogens is 334 g/mol. The van der Waals surface area contributed by atoms with Gasteiger partial charge >= 0.3 is 0 Å². The molecule has 1 fully saturated rings. The molecule has 0 N–H and O–H groups in total. The van der Waals surface area contributed by atoms with E-state index in [-0.39, 0.29) is 5.91 Å². The minimum atomic E-state index is 0.130. The van der Waals surface area contributed by atoms with Gasteiger partial charge in [0.15, 0.2) is 0 Å². The van der Waals surface area contributed by atoms with Crippen LogP contribution >= 0.6 is 0 Å². The number of fused-ring (bicyclic) bond motifs is 1. The second-order valence-corrected chi connectivity index (χ2v) is 8.12. The molecule has 142 valence electrons. The van der Waals surface area contributed by atoms with Gasteiger partial charge in [-0.15, -0.1) is 0 Å². The topological polar surface area (TPSA) is 26.8 Å². The Morgan fingerprint density at radius 3 is 2.56 bits per heavy atom. The maximum absolute atomic E-state index is 13.4. The molecule has 4 rings (SSSR count). The number of anilines is 2. The van der Waals surface area contributed by atoms with Crippen LogP contribution in [0.2, 0.25) is 0 Å². The van der Waals surface area contributed by atoms with Crippen molar-refractivity contribution in [1.82, 2.24) is 4.90 Å². The Labute approximate surface area is 162 Å². The first kappa shape index (κ1) is 18.1. The number of carbonyl (C=O) groups excluding carboxylic acids is 1. The summed E-state index contributed by atoms with van der Waals surface area (Å²) in [5.74, 6) is 0.130. The lowest BCUT2D eigenvalue weighted by Crippen LogP contribution is -2.48. The Morgan fingerprint density at radius 2 is 1.85 bits per heavy atom. The molecule has 0 spiro atoms. The first-order chi connectivity index (χ1) is 13.0. The normalized spacial score (nSPS) is 16.8. The van der Waals surface area contributed by atoms with Crippen LogP contribution in [-0.2, 0) is 6.42 Å². The van der Waals surface area contributed by atoms with Gasteiger partial charge in [-0.25, -0.2) is 0 Å². The van der Waals surface area contributed by atoms with Crippen LogP contribution in [0.3, 0.4) is 0 Å². The molecule has 1 aliphatic heterocycles. The third-order valence-electron chi connectivity index (χ3n) is 5.60. The average molecular weight is 364 g/mol. The van der Waals surface area contributed by atoms with Gasteiger partial charge in [-0.05, 0) is 82.6 Å². The number of benzene rings is 2. The number of amides is 1. The van der Waals surface area contributed by atoms with E-state index in [0.29, 0.717) is 12.7 Å². The van der Waals surface area contributed by atoms with Crippen LogP contribution < -0.4 is 9.80 Å². The summed E-state index contributed by atoms with van der Waals surface area (Å²) in [5.41, 5.74) is 5.40. The molecule has 0 bridgehead atoms. The van der Waals surface area contributed by atoms with E-state index < -0.39 is 0 Å². The van der Waals surface area contributed by atoms with E-state index in [2.05, 4.69) is 61.2 Å². The quantitative estimate of drug-likeness (QED) is 0.774. The Morgan fingerprint density at radius 1 is 1.07 bits per heavy atom. The fourth-order valence-corrected chi connectivity index (χ4v) is 3.95. The minimum Gasteiger partial charge on any atom is -0.350 e. The van der Waals surface area contributed by atoms with E-state index in [1.165, 1.54) is 18.4 Å². The predicted octanol–water partition coefficient (Wildman–Crippen LogP) is 4.08. The third-order valence-corrected chi connectivity index (χ3v) is 5.60. The van der Waals surface area contributed by atoms with Crippen molar-refractivity contribution in [2.45, 2.75) is 38.6 Å². The van der Waals surface area contributed by atoms with Crippen molar-refractivity contribution < 1.29 is 4.79 Å². The van der Waals surface area contributed by atoms with Crippen LogP contribution in [-0.4, -0.2) is 44.2 Å². The molecule has 1 heterocycles. The molecule has 4 heteroatoms. The van der Waals surface area contributed by atoms with Crippen molar-refractivity contribution in [2.24, 2.45) is 0 Å². The minimum absolute atomic E-state index is 0.130. The summed E-state index contributed by atoms with van der Waals surface area (Å²) < 4.78 is 0. The summed E-state index contributed by atoms with van der Waals surface area (Å²) >= 11 is 0. The molecule has 0 radical (unpaired) electrons. The molecule has 0 aromatic heterocycles. The maximum Gasteiger partial charge on any atom is 0.261 e. The van der Waals surface area contributed by atoms with Gasteiger partial charge in [0.05, 0.1) is 17.9 Å². The molecular formula is C23H29N3O. The van der Waals surface area contributed by atoms with Gasteiger partial charge in [-0.3, -0.25) is 9.69 Å². The van der Waals surface area contributed by atoms with Crippen LogP contribution in [0.15, 0.2) is 42.5 Å². The number of rotatable bonds is 6. The number of nitrogens with zero attached hydrogens (tertiary/aromatic N) is 3. The van der Waals surface area contributed by atoms with Crippen LogP contribution in [0.5, 0.6) is 0 Å². The largest absolute Gasteiger partial charge is 0.350 e. The second-order valence-electron chi connectivity index (χ2n) is 8.12. The average Bonchev–Trinajstić information content (AvgIpc) is 3.48. The Balaban J connectivity index is 1.66. The molecule has 0 saturated heterocycles. The monoisotopic (exact) mass is 363 g/mol. The first-order valence-corrected chi connectivity index (χ1v) is 9.96. The fourth-order valence-electron chi connectivity index (χ4n) is 3.95. The van der Waals surface area contributed by atoms with Gasteiger partial charge < -0.3 is 9.80 Å². The Bertz CT molecular complexity index is 841. The summed E-state index contributed by atoms with van der Waals surface area (Å²) in [4.78, 5) is 20.0. The van der Waals surface area contributed by atoms with Crippen molar-refractivity contribution >= 4 is 17.3 Å². The van der Waals surface area contributed by atoms with E-state index in [1.807, 2.05) is 17.0 Å². The number of hydrogen-bond acceptors (Lipinski definition) is 3. The van der Waals surface area contributed by atoms with Crippen LogP contribution in [0.25, 0.3) is 0 Å². The molecule has 2 aliphatic rings. The van der Waals surface area contributed by atoms with Gasteiger partial charge in [0.1, 0.15) is 0 Å². The van der Waals surface area contributed by atoms with E-state index in [1.54, 1.807) is 0 Å². The molecule has 1 amide bonds. The summed E-state index contributed by atoms with van der Waals surface area (Å²) in [6, 6.07) is 15.3. The summed E-state index contributed by atoms with van der Waals surface area (Å²) in [5, 5.41) is 0. The van der Waals surface area contributed by atoms with Crippen molar-refractivity contribution in [2.75, 3.05) is 37.1 Å². The van der Waals surface area contributed by atoms with Gasteiger partial charge in [-0.2, -0.15) is 0 Å². The zero-order valence-electron chi connectivity index (χ0n) is 16.6. The lowest BCUT2D eigenvalue weighted by molar-refractivity contribution is 0.0982. The van der Waals surface area contributed by atoms with Crippen LogP contribution in [0.1, 0.15) is 40.7 Å². The Hall–Kier alpha value is -2.33. The highest BCUT2D eigenvalue weighted by Gasteiger charge is 2.38. The van der Waals surface area contributed by atoms with Gasteiger partial charge in [0.2, 0.25) is 0 Å². The Kier molecular flexibility index (Phi) is 4.92. The molecule has 0 unspecified atom stereocenters. The molecule has 0 atom stereocenters. The number of hydrogen-bond donors (Lipinski definition) is 0. The van der Waals surface area contributed by atoms with E-state index in [9.17, 15) is 4.79 Å². The van der Waals surface area contributed by atoms with Crippen LogP contribution in [0.4, 0.5) is 11.4 Å². The predicted molar refractivity (Wildman–Crippen MR) is 112 cm³/mol. The van der Waals surface area contributed by atoms with Gasteiger partial charge in [0.25, 0.3) is 5.91 Å². The van der Waals surface area contributed by atoms with Crippen molar-refractivity contribution in [3.8, 4) is 0 Å². The molecule has 1 aliphatic carbocycles. The van der Waals surface area contributed by atoms with Crippen molar-refractivity contribution in [3.05, 3.63) is 59.2 Å². The highest BCUT2D eigenvalue weighted by molar-refractivity contribution is 6.12. The van der Waals surface area contributed by atoms with Gasteiger partial charge in [0, 0.05) is 11.7 Å². The first-order valence-electron chi connectivity index (χ1n) is 9.96. The molecule has 4 nitrogen and oxygen atoms in total. The SMILES string of the molecule is Cc1ccccc1N1CN(C2CC2)c2ccc(CCCN(C)C)cc2C1=O. The van der Waals surface area contributed by atoms with E-state index in [0.717, 1.165) is 41.9 Å². The molecule has 1 saturated carbocycles. The summed E-state index contributed by atoms with van der Waals surface area (Å²) in [7, 11) is 4.20. The zero-order chi connectivity index (χ0) is 19.0. The van der Waals surface area contributed by atoms with Crippen molar-refractivity contribution in [3.63, 3.8) is 0 Å². The third kappa shape index (κ3) is 3.72. The lowest BCUT2D eigenvalue weighted by atomic mass is 10.0. The summed E-state index contributed by atoms with van der Waals surface area (Å²) in [6.45, 7) is 3.80. The molecule has 2 aromatic carbocycles. The number of carbonyl (C=O) groups is 1. The number of para-hydroxylation sites is 1. The highest BCUT2D eigenvalue weighted by atomic mass is 16.2. The summed E-state index contributed by atoms with van der Waals surface area (Å²) in [6.07, 6.45) is 4.56. The smallest absolute Gasteiger partial charge is 0.261 e. The standard InChI is InChI=1S/C23H29N3O/c1-17-7-4-5-9-21(17)26-16-25(19-11-12-19)22-13-10-18(8-6-14-24(2)3)15-20(22)23(26)27/h4-5,7,9-10,13,15,19H,6,8,11-12,14,16H2,1-3H3. The van der Waals surface area contributed by atoms with E-state index in [4.69, 9.17) is 0 Å². The zero-order valence-corrected chi connectivity index (χ0v) is 16.6. The molecule has 27 heavy (non-hydrogen) atoms. The second kappa shape index (κ2) is 7.35. The maximum atomic E-state index is 13.4. The van der Waals surface area contributed by atoms with Gasteiger partial charge in [-0.1, -0.05) is 24.3 Å². The number of aryl methyl sites for hydroxylation is 2. The van der Waals surface area contributed by atoms with E-state index >= 15 is 0 Å². The fraction of sp³-hybridized carbons (Fsp3) is 0.435.